The van der Waals surface area contributed by atoms with Crippen molar-refractivity contribution in [2.24, 2.45) is 0 Å². The molecule has 0 aliphatic rings. The van der Waals surface area contributed by atoms with Gasteiger partial charge in [0.2, 0.25) is 21.8 Å². The summed E-state index contributed by atoms with van der Waals surface area (Å²) in [7, 11) is -1.01. The Morgan fingerprint density at radius 3 is 2.14 bits per heavy atom. The average molecular weight is 561 g/mol. The number of hydrogen-bond donors (Lipinski definition) is 1. The van der Waals surface area contributed by atoms with Gasteiger partial charge in [-0.3, -0.25) is 13.9 Å². The molecule has 0 bridgehead atoms. The monoisotopic (exact) mass is 559 g/mol. The third-order valence-corrected chi connectivity index (χ3v) is 7.15. The Labute approximate surface area is 222 Å². The van der Waals surface area contributed by atoms with Gasteiger partial charge in [-0.25, -0.2) is 8.42 Å². The van der Waals surface area contributed by atoms with Gasteiger partial charge in [0.15, 0.2) is 11.5 Å². The third kappa shape index (κ3) is 7.65. The highest BCUT2D eigenvalue weighted by molar-refractivity contribution is 7.92. The van der Waals surface area contributed by atoms with E-state index >= 15 is 0 Å². The predicted octanol–water partition coefficient (Wildman–Crippen LogP) is 3.72. The fourth-order valence-electron chi connectivity index (χ4n) is 3.42. The lowest BCUT2D eigenvalue weighted by molar-refractivity contribution is -0.139. The van der Waals surface area contributed by atoms with E-state index in [0.29, 0.717) is 27.1 Å². The van der Waals surface area contributed by atoms with Crippen molar-refractivity contribution in [3.05, 3.63) is 52.0 Å². The van der Waals surface area contributed by atoms with Crippen LogP contribution in [-0.2, 0) is 26.2 Å². The van der Waals surface area contributed by atoms with Gasteiger partial charge in [0.05, 0.1) is 36.2 Å². The van der Waals surface area contributed by atoms with E-state index < -0.39 is 28.5 Å². The van der Waals surface area contributed by atoms with Gasteiger partial charge in [0.25, 0.3) is 0 Å². The summed E-state index contributed by atoms with van der Waals surface area (Å²) >= 11 is 12.2. The van der Waals surface area contributed by atoms with Crippen molar-refractivity contribution in [2.45, 2.75) is 39.4 Å². The van der Waals surface area contributed by atoms with Gasteiger partial charge in [-0.1, -0.05) is 29.3 Å². The number of carbonyl (C=O) groups is 2. The molecule has 1 N–H and O–H groups in total. The Morgan fingerprint density at radius 2 is 1.61 bits per heavy atom. The number of rotatable bonds is 11. The standard InChI is InChI=1S/C24H31Cl2N3O6S/c1-15(2)27-24(31)16(3)28(13-17-7-9-19(25)20(26)11-17)23(30)14-29(36(6,32)33)18-8-10-21(34-4)22(12-18)35-5/h7-12,15-16H,13-14H2,1-6H3,(H,27,31)/t16-/m1/s1. The van der Waals surface area contributed by atoms with Crippen molar-refractivity contribution < 1.29 is 27.5 Å². The van der Waals surface area contributed by atoms with Crippen molar-refractivity contribution in [3.63, 3.8) is 0 Å². The number of sulfonamides is 1. The number of methoxy groups -OCH3 is 2. The van der Waals surface area contributed by atoms with E-state index in [1.165, 1.54) is 31.3 Å². The Morgan fingerprint density at radius 1 is 0.972 bits per heavy atom. The molecule has 198 valence electrons. The van der Waals surface area contributed by atoms with Crippen molar-refractivity contribution >= 4 is 50.7 Å². The Hall–Kier alpha value is -2.69. The van der Waals surface area contributed by atoms with Crippen molar-refractivity contribution in [1.82, 2.24) is 10.2 Å². The van der Waals surface area contributed by atoms with Gasteiger partial charge in [-0.2, -0.15) is 0 Å². The molecule has 0 aliphatic heterocycles. The number of ether oxygens (including phenoxy) is 2. The maximum Gasteiger partial charge on any atom is 0.244 e. The summed E-state index contributed by atoms with van der Waals surface area (Å²) in [6, 6.07) is 8.34. The molecular weight excluding hydrogens is 529 g/mol. The maximum atomic E-state index is 13.6. The first-order chi connectivity index (χ1) is 16.8. The molecular formula is C24H31Cl2N3O6S. The summed E-state index contributed by atoms with van der Waals surface area (Å²) in [6.45, 7) is 4.64. The molecule has 0 saturated carbocycles. The van der Waals surface area contributed by atoms with Crippen LogP contribution in [0.1, 0.15) is 26.3 Å². The SMILES string of the molecule is COc1ccc(N(CC(=O)N(Cc2ccc(Cl)c(Cl)c2)[C@H](C)C(=O)NC(C)C)S(C)(=O)=O)cc1OC. The molecule has 2 aromatic carbocycles. The fraction of sp³-hybridized carbons (Fsp3) is 0.417. The molecule has 2 rings (SSSR count). The molecule has 0 aromatic heterocycles. The first kappa shape index (κ1) is 29.5. The first-order valence-electron chi connectivity index (χ1n) is 11.0. The minimum atomic E-state index is -3.89. The second kappa shape index (κ2) is 12.5. The van der Waals surface area contributed by atoms with Crippen LogP contribution in [-0.4, -0.2) is 64.2 Å². The van der Waals surface area contributed by atoms with Crippen molar-refractivity contribution in [3.8, 4) is 11.5 Å². The summed E-state index contributed by atoms with van der Waals surface area (Å²) in [4.78, 5) is 27.7. The summed E-state index contributed by atoms with van der Waals surface area (Å²) < 4.78 is 36.9. The van der Waals surface area contributed by atoms with Gasteiger partial charge in [-0.15, -0.1) is 0 Å². The van der Waals surface area contributed by atoms with Gasteiger partial charge in [0, 0.05) is 18.7 Å². The van der Waals surface area contributed by atoms with Gasteiger partial charge in [0.1, 0.15) is 12.6 Å². The van der Waals surface area contributed by atoms with E-state index in [4.69, 9.17) is 32.7 Å². The molecule has 9 nitrogen and oxygen atoms in total. The molecule has 0 saturated heterocycles. The average Bonchev–Trinajstić information content (AvgIpc) is 2.80. The predicted molar refractivity (Wildman–Crippen MR) is 141 cm³/mol. The highest BCUT2D eigenvalue weighted by Gasteiger charge is 2.30. The molecule has 36 heavy (non-hydrogen) atoms. The van der Waals surface area contributed by atoms with Crippen LogP contribution in [0.4, 0.5) is 5.69 Å². The number of nitrogens with one attached hydrogen (secondary N) is 1. The van der Waals surface area contributed by atoms with E-state index in [2.05, 4.69) is 5.32 Å². The highest BCUT2D eigenvalue weighted by atomic mass is 35.5. The van der Waals surface area contributed by atoms with E-state index in [0.717, 1.165) is 10.6 Å². The molecule has 0 aliphatic carbocycles. The summed E-state index contributed by atoms with van der Waals surface area (Å²) in [5, 5.41) is 3.43. The smallest absolute Gasteiger partial charge is 0.244 e. The second-order valence-electron chi connectivity index (χ2n) is 8.42. The van der Waals surface area contributed by atoms with Crippen molar-refractivity contribution in [2.75, 3.05) is 31.3 Å². The molecule has 0 fully saturated rings. The Balaban J connectivity index is 2.46. The number of carbonyl (C=O) groups excluding carboxylic acids is 2. The fourth-order valence-corrected chi connectivity index (χ4v) is 4.58. The molecule has 1 atom stereocenters. The molecule has 2 amide bonds. The Bertz CT molecular complexity index is 1210. The minimum absolute atomic E-state index is 0.00589. The Kier molecular flexibility index (Phi) is 10.3. The zero-order valence-electron chi connectivity index (χ0n) is 21.0. The summed E-state index contributed by atoms with van der Waals surface area (Å²) in [5.41, 5.74) is 0.830. The van der Waals surface area contributed by atoms with E-state index in [9.17, 15) is 18.0 Å². The van der Waals surface area contributed by atoms with Crippen LogP contribution in [0.5, 0.6) is 11.5 Å². The molecule has 0 spiro atoms. The lowest BCUT2D eigenvalue weighted by atomic mass is 10.1. The zero-order valence-corrected chi connectivity index (χ0v) is 23.4. The van der Waals surface area contributed by atoms with Crippen LogP contribution in [0.3, 0.4) is 0 Å². The minimum Gasteiger partial charge on any atom is -0.493 e. The lowest BCUT2D eigenvalue weighted by Crippen LogP contribution is -2.52. The van der Waals surface area contributed by atoms with E-state index in [-0.39, 0.29) is 24.2 Å². The topological polar surface area (TPSA) is 105 Å². The summed E-state index contributed by atoms with van der Waals surface area (Å²) in [5.74, 6) is -0.266. The van der Waals surface area contributed by atoms with Crippen LogP contribution in [0.2, 0.25) is 10.0 Å². The van der Waals surface area contributed by atoms with Crippen LogP contribution in [0, 0.1) is 0 Å². The highest BCUT2D eigenvalue weighted by Crippen LogP contribution is 2.32. The summed E-state index contributed by atoms with van der Waals surface area (Å²) in [6.07, 6.45) is 0.995. The number of benzene rings is 2. The van der Waals surface area contributed by atoms with E-state index in [1.807, 2.05) is 0 Å². The quantitative estimate of drug-likeness (QED) is 0.449. The van der Waals surface area contributed by atoms with Crippen LogP contribution in [0.25, 0.3) is 0 Å². The third-order valence-electron chi connectivity index (χ3n) is 5.27. The van der Waals surface area contributed by atoms with E-state index in [1.54, 1.807) is 45.0 Å². The van der Waals surface area contributed by atoms with Gasteiger partial charge < -0.3 is 19.7 Å². The number of anilines is 1. The molecule has 2 aromatic rings. The second-order valence-corrected chi connectivity index (χ2v) is 11.1. The first-order valence-corrected chi connectivity index (χ1v) is 13.6. The normalized spacial score (nSPS) is 12.1. The zero-order chi connectivity index (χ0) is 27.2. The largest absolute Gasteiger partial charge is 0.493 e. The molecule has 0 unspecified atom stereocenters. The number of nitrogens with zero attached hydrogens (tertiary/aromatic N) is 2. The lowest BCUT2D eigenvalue weighted by Gasteiger charge is -2.32. The maximum absolute atomic E-state index is 13.6. The van der Waals surface area contributed by atoms with Gasteiger partial charge in [-0.05, 0) is 50.6 Å². The number of hydrogen-bond acceptors (Lipinski definition) is 6. The molecule has 0 radical (unpaired) electrons. The van der Waals surface area contributed by atoms with Gasteiger partial charge >= 0.3 is 0 Å². The van der Waals surface area contributed by atoms with Crippen LogP contribution in [0.15, 0.2) is 36.4 Å². The van der Waals surface area contributed by atoms with Crippen LogP contribution >= 0.6 is 23.2 Å². The molecule has 12 heteroatoms. The van der Waals surface area contributed by atoms with Crippen LogP contribution < -0.4 is 19.1 Å². The number of amides is 2. The number of halogens is 2. The molecule has 0 heterocycles. The van der Waals surface area contributed by atoms with Crippen molar-refractivity contribution in [1.29, 1.82) is 0 Å².